The van der Waals surface area contributed by atoms with E-state index in [1.807, 2.05) is 57.0 Å². The van der Waals surface area contributed by atoms with Crippen molar-refractivity contribution in [3.8, 4) is 0 Å². The maximum Gasteiger partial charge on any atom is 0.254 e. The van der Waals surface area contributed by atoms with Crippen molar-refractivity contribution in [1.29, 1.82) is 0 Å². The number of likely N-dealkylation sites (tertiary alicyclic amines) is 1. The summed E-state index contributed by atoms with van der Waals surface area (Å²) >= 11 is 1.54. The van der Waals surface area contributed by atoms with Crippen LogP contribution in [0.5, 0.6) is 0 Å². The number of anilines is 1. The van der Waals surface area contributed by atoms with E-state index in [1.54, 1.807) is 11.3 Å². The van der Waals surface area contributed by atoms with Gasteiger partial charge in [-0.1, -0.05) is 18.2 Å². The molecule has 2 amide bonds. The van der Waals surface area contributed by atoms with Crippen LogP contribution in [0.3, 0.4) is 0 Å². The molecule has 3 heterocycles. The molecule has 0 unspecified atom stereocenters. The van der Waals surface area contributed by atoms with Crippen LogP contribution in [-0.2, 0) is 4.79 Å². The van der Waals surface area contributed by atoms with E-state index in [0.29, 0.717) is 13.1 Å². The maximum atomic E-state index is 13.0. The van der Waals surface area contributed by atoms with E-state index in [-0.39, 0.29) is 17.2 Å². The Morgan fingerprint density at radius 2 is 1.71 bits per heavy atom. The van der Waals surface area contributed by atoms with Gasteiger partial charge in [0, 0.05) is 30.7 Å². The third kappa shape index (κ3) is 2.53. The molecule has 1 aromatic heterocycles. The van der Waals surface area contributed by atoms with Crippen LogP contribution in [0.1, 0.15) is 29.6 Å². The minimum absolute atomic E-state index is 0.0939. The van der Waals surface area contributed by atoms with Gasteiger partial charge in [0.25, 0.3) is 5.91 Å². The third-order valence-corrected chi connectivity index (χ3v) is 6.04. The number of carbonyl (C=O) groups excluding carboxylic acids is 2. The monoisotopic (exact) mass is 340 g/mol. The number of thiophene rings is 1. The topological polar surface area (TPSA) is 40.6 Å². The number of nitrogens with zero attached hydrogens (tertiary/aromatic N) is 2. The molecule has 0 radical (unpaired) electrons. The lowest BCUT2D eigenvalue weighted by Gasteiger charge is -2.37. The first-order valence-electron chi connectivity index (χ1n) is 8.38. The molecule has 1 aromatic carbocycles. The molecule has 2 aliphatic rings. The molecule has 0 atom stereocenters. The highest BCUT2D eigenvalue weighted by atomic mass is 32.1. The summed E-state index contributed by atoms with van der Waals surface area (Å²) < 4.78 is 0. The van der Waals surface area contributed by atoms with Crippen molar-refractivity contribution in [2.45, 2.75) is 19.3 Å². The molecule has 1 spiro atoms. The Hall–Kier alpha value is -2.14. The molecule has 2 aliphatic heterocycles. The molecule has 4 nitrogen and oxygen atoms in total. The van der Waals surface area contributed by atoms with Crippen LogP contribution in [0.2, 0.25) is 0 Å². The van der Waals surface area contributed by atoms with Gasteiger partial charge < -0.3 is 9.80 Å². The van der Waals surface area contributed by atoms with E-state index in [1.165, 1.54) is 0 Å². The summed E-state index contributed by atoms with van der Waals surface area (Å²) in [4.78, 5) is 29.3. The Morgan fingerprint density at radius 1 is 1.00 bits per heavy atom. The standard InChI is InChI=1S/C19H20N2O2S/c22-17(15-6-13-24-14-15)20-10-7-19(8-11-20)9-12-21(18(19)23)16-4-2-1-3-5-16/h1-6,13-14H,7-12H2. The van der Waals surface area contributed by atoms with Crippen molar-refractivity contribution in [3.63, 3.8) is 0 Å². The summed E-state index contributed by atoms with van der Waals surface area (Å²) in [7, 11) is 0. The van der Waals surface area contributed by atoms with E-state index < -0.39 is 0 Å². The first-order chi connectivity index (χ1) is 11.7. The lowest BCUT2D eigenvalue weighted by atomic mass is 9.77. The highest BCUT2D eigenvalue weighted by molar-refractivity contribution is 7.08. The first kappa shape index (κ1) is 15.4. The molecule has 0 N–H and O–H groups in total. The number of para-hydroxylation sites is 1. The van der Waals surface area contributed by atoms with Gasteiger partial charge in [-0.15, -0.1) is 0 Å². The second kappa shape index (κ2) is 6.06. The van der Waals surface area contributed by atoms with E-state index in [2.05, 4.69) is 0 Å². The molecular weight excluding hydrogens is 320 g/mol. The van der Waals surface area contributed by atoms with E-state index in [4.69, 9.17) is 0 Å². The molecule has 24 heavy (non-hydrogen) atoms. The van der Waals surface area contributed by atoms with Gasteiger partial charge >= 0.3 is 0 Å². The summed E-state index contributed by atoms with van der Waals surface area (Å²) in [6.45, 7) is 2.12. The third-order valence-electron chi connectivity index (χ3n) is 5.36. The van der Waals surface area contributed by atoms with Gasteiger partial charge in [-0.05, 0) is 42.8 Å². The summed E-state index contributed by atoms with van der Waals surface area (Å²) in [5.41, 5.74) is 1.47. The second-order valence-corrected chi connectivity index (χ2v) is 7.41. The van der Waals surface area contributed by atoms with Gasteiger partial charge in [-0.3, -0.25) is 9.59 Å². The van der Waals surface area contributed by atoms with E-state index in [0.717, 1.165) is 37.1 Å². The van der Waals surface area contributed by atoms with Crippen molar-refractivity contribution in [1.82, 2.24) is 4.90 Å². The maximum absolute atomic E-state index is 13.0. The lowest BCUT2D eigenvalue weighted by Crippen LogP contribution is -2.46. The quantitative estimate of drug-likeness (QED) is 0.841. The largest absolute Gasteiger partial charge is 0.339 e. The molecule has 0 saturated carbocycles. The van der Waals surface area contributed by atoms with Crippen molar-refractivity contribution in [2.75, 3.05) is 24.5 Å². The van der Waals surface area contributed by atoms with Crippen molar-refractivity contribution < 1.29 is 9.59 Å². The number of benzene rings is 1. The van der Waals surface area contributed by atoms with E-state index >= 15 is 0 Å². The van der Waals surface area contributed by atoms with Gasteiger partial charge in [0.2, 0.25) is 5.91 Å². The zero-order valence-electron chi connectivity index (χ0n) is 13.5. The second-order valence-electron chi connectivity index (χ2n) is 6.63. The zero-order valence-corrected chi connectivity index (χ0v) is 14.3. The summed E-state index contributed by atoms with van der Waals surface area (Å²) in [5, 5.41) is 3.82. The zero-order chi connectivity index (χ0) is 16.6. The van der Waals surface area contributed by atoms with Crippen molar-refractivity contribution in [2.24, 2.45) is 5.41 Å². The molecule has 2 fully saturated rings. The fourth-order valence-corrected chi connectivity index (χ4v) is 4.48. The molecular formula is C19H20N2O2S. The fourth-order valence-electron chi connectivity index (χ4n) is 3.85. The lowest BCUT2D eigenvalue weighted by molar-refractivity contribution is -0.127. The minimum atomic E-state index is -0.277. The first-order valence-corrected chi connectivity index (χ1v) is 9.32. The Labute approximate surface area is 145 Å². The van der Waals surface area contributed by atoms with Crippen molar-refractivity contribution >= 4 is 28.8 Å². The van der Waals surface area contributed by atoms with Crippen molar-refractivity contribution in [3.05, 3.63) is 52.7 Å². The van der Waals surface area contributed by atoms with Gasteiger partial charge in [0.1, 0.15) is 0 Å². The highest BCUT2D eigenvalue weighted by Crippen LogP contribution is 2.43. The van der Waals surface area contributed by atoms with Gasteiger partial charge in [0.05, 0.1) is 11.0 Å². The van der Waals surface area contributed by atoms with Crippen LogP contribution in [-0.4, -0.2) is 36.3 Å². The van der Waals surface area contributed by atoms with Crippen LogP contribution in [0.25, 0.3) is 0 Å². The number of carbonyl (C=O) groups is 2. The summed E-state index contributed by atoms with van der Waals surface area (Å²) in [6.07, 6.45) is 2.43. The molecule has 5 heteroatoms. The van der Waals surface area contributed by atoms with Crippen LogP contribution in [0.4, 0.5) is 5.69 Å². The Kier molecular flexibility index (Phi) is 3.88. The predicted molar refractivity (Wildman–Crippen MR) is 95.3 cm³/mol. The normalized spacial score (nSPS) is 19.9. The SMILES string of the molecule is O=C(c1ccsc1)N1CCC2(CC1)CCN(c1ccccc1)C2=O. The molecule has 4 rings (SSSR count). The number of piperidine rings is 1. The Bertz CT molecular complexity index is 734. The average molecular weight is 340 g/mol. The smallest absolute Gasteiger partial charge is 0.254 e. The number of hydrogen-bond acceptors (Lipinski definition) is 3. The summed E-state index contributed by atoms with van der Waals surface area (Å²) in [6, 6.07) is 11.8. The molecule has 0 aliphatic carbocycles. The average Bonchev–Trinajstić information content (AvgIpc) is 3.26. The van der Waals surface area contributed by atoms with E-state index in [9.17, 15) is 9.59 Å². The molecule has 2 saturated heterocycles. The minimum Gasteiger partial charge on any atom is -0.339 e. The predicted octanol–water partition coefficient (Wildman–Crippen LogP) is 3.41. The molecule has 0 bridgehead atoms. The number of rotatable bonds is 2. The van der Waals surface area contributed by atoms with Gasteiger partial charge in [-0.25, -0.2) is 0 Å². The van der Waals surface area contributed by atoms with Gasteiger partial charge in [-0.2, -0.15) is 11.3 Å². The number of hydrogen-bond donors (Lipinski definition) is 0. The summed E-state index contributed by atoms with van der Waals surface area (Å²) in [5.74, 6) is 0.327. The Morgan fingerprint density at radius 3 is 2.38 bits per heavy atom. The fraction of sp³-hybridized carbons (Fsp3) is 0.368. The van der Waals surface area contributed by atoms with Crippen LogP contribution >= 0.6 is 11.3 Å². The molecule has 2 aromatic rings. The van der Waals surface area contributed by atoms with Crippen LogP contribution in [0, 0.1) is 5.41 Å². The Balaban J connectivity index is 1.45. The number of amides is 2. The highest BCUT2D eigenvalue weighted by Gasteiger charge is 2.48. The molecule has 124 valence electrons. The van der Waals surface area contributed by atoms with Crippen LogP contribution < -0.4 is 4.90 Å². The van der Waals surface area contributed by atoms with Gasteiger partial charge in [0.15, 0.2) is 0 Å². The van der Waals surface area contributed by atoms with Crippen LogP contribution in [0.15, 0.2) is 47.2 Å².